The number of nitrogens with zero attached hydrogens (tertiary/aromatic N) is 3. The van der Waals surface area contributed by atoms with Gasteiger partial charge in [0.2, 0.25) is 0 Å². The summed E-state index contributed by atoms with van der Waals surface area (Å²) in [6.07, 6.45) is 0. The number of thioether (sulfide) groups is 1. The van der Waals surface area contributed by atoms with E-state index < -0.39 is 16.6 Å². The lowest BCUT2D eigenvalue weighted by atomic mass is 10.2. The van der Waals surface area contributed by atoms with Crippen LogP contribution in [0, 0.1) is 15.9 Å². The van der Waals surface area contributed by atoms with Crippen LogP contribution in [-0.2, 0) is 11.5 Å². The quantitative estimate of drug-likeness (QED) is 0.544. The number of anilines is 1. The highest BCUT2D eigenvalue weighted by Gasteiger charge is 2.25. The maximum Gasteiger partial charge on any atom is 0.269 e. The summed E-state index contributed by atoms with van der Waals surface area (Å²) in [4.78, 5) is 22.9. The molecule has 0 fully saturated rings. The van der Waals surface area contributed by atoms with E-state index in [1.165, 1.54) is 35.0 Å². The number of hydrogen-bond acceptors (Lipinski definition) is 5. The van der Waals surface area contributed by atoms with E-state index in [-0.39, 0.29) is 11.3 Å². The number of fused-ring (bicyclic) bond motifs is 1. The summed E-state index contributed by atoms with van der Waals surface area (Å²) in [5, 5.41) is 18.1. The van der Waals surface area contributed by atoms with Gasteiger partial charge in [0.05, 0.1) is 21.9 Å². The third kappa shape index (κ3) is 3.17. The highest BCUT2D eigenvalue weighted by atomic mass is 32.2. The SMILES string of the molecule is O=C(Nc1c2c(nn1-c1ccc([N+](=O)[O-])cc1)CSC2)c1ccccc1F. The van der Waals surface area contributed by atoms with Crippen LogP contribution in [0.1, 0.15) is 21.6 Å². The Morgan fingerprint density at radius 1 is 1.19 bits per heavy atom. The van der Waals surface area contributed by atoms with E-state index >= 15 is 0 Å². The van der Waals surface area contributed by atoms with Crippen LogP contribution in [0.5, 0.6) is 0 Å². The van der Waals surface area contributed by atoms with Gasteiger partial charge in [0.1, 0.15) is 11.6 Å². The average Bonchev–Trinajstić information content (AvgIpc) is 3.25. The number of carbonyl (C=O) groups excluding carboxylic acids is 1. The van der Waals surface area contributed by atoms with E-state index in [4.69, 9.17) is 0 Å². The summed E-state index contributed by atoms with van der Waals surface area (Å²) in [5.41, 5.74) is 2.19. The average molecular weight is 384 g/mol. The molecule has 7 nitrogen and oxygen atoms in total. The van der Waals surface area contributed by atoms with Crippen molar-refractivity contribution in [2.24, 2.45) is 0 Å². The van der Waals surface area contributed by atoms with Crippen molar-refractivity contribution in [3.8, 4) is 5.69 Å². The van der Waals surface area contributed by atoms with Gasteiger partial charge in [-0.1, -0.05) is 12.1 Å². The summed E-state index contributed by atoms with van der Waals surface area (Å²) in [6.45, 7) is 0. The van der Waals surface area contributed by atoms with Gasteiger partial charge in [-0.15, -0.1) is 0 Å². The molecule has 0 saturated heterocycles. The molecule has 1 N–H and O–H groups in total. The van der Waals surface area contributed by atoms with Crippen LogP contribution in [0.3, 0.4) is 0 Å². The van der Waals surface area contributed by atoms with Crippen LogP contribution in [-0.4, -0.2) is 20.6 Å². The number of nitro groups is 1. The molecule has 1 aliphatic rings. The molecule has 1 aromatic heterocycles. The molecule has 0 saturated carbocycles. The first-order valence-corrected chi connectivity index (χ1v) is 9.19. The third-order valence-electron chi connectivity index (χ3n) is 4.21. The third-order valence-corrected chi connectivity index (χ3v) is 5.18. The summed E-state index contributed by atoms with van der Waals surface area (Å²) in [5.74, 6) is 0.656. The number of aromatic nitrogens is 2. The van der Waals surface area contributed by atoms with E-state index in [1.54, 1.807) is 30.0 Å². The molecule has 9 heteroatoms. The Kier molecular flexibility index (Phi) is 4.36. The van der Waals surface area contributed by atoms with Crippen molar-refractivity contribution in [2.45, 2.75) is 11.5 Å². The molecule has 4 rings (SSSR count). The molecule has 1 amide bonds. The number of benzene rings is 2. The second kappa shape index (κ2) is 6.84. The first-order chi connectivity index (χ1) is 13.0. The zero-order valence-electron chi connectivity index (χ0n) is 13.9. The molecule has 0 unspecified atom stereocenters. The number of hydrogen-bond donors (Lipinski definition) is 1. The summed E-state index contributed by atoms with van der Waals surface area (Å²) in [7, 11) is 0. The van der Waals surface area contributed by atoms with Crippen molar-refractivity contribution >= 4 is 29.2 Å². The summed E-state index contributed by atoms with van der Waals surface area (Å²) >= 11 is 1.67. The van der Waals surface area contributed by atoms with Crippen molar-refractivity contribution < 1.29 is 14.1 Å². The van der Waals surface area contributed by atoms with Gasteiger partial charge in [-0.05, 0) is 24.3 Å². The van der Waals surface area contributed by atoms with Crippen molar-refractivity contribution in [1.29, 1.82) is 0 Å². The molecule has 1 aliphatic heterocycles. The Hall–Kier alpha value is -3.20. The van der Waals surface area contributed by atoms with Crippen LogP contribution in [0.25, 0.3) is 5.69 Å². The predicted octanol–water partition coefficient (Wildman–Crippen LogP) is 3.92. The van der Waals surface area contributed by atoms with E-state index in [2.05, 4.69) is 10.4 Å². The summed E-state index contributed by atoms with van der Waals surface area (Å²) < 4.78 is 15.5. The Morgan fingerprint density at radius 3 is 2.63 bits per heavy atom. The maximum absolute atomic E-state index is 13.9. The molecular formula is C18H13FN4O3S. The number of amides is 1. The highest BCUT2D eigenvalue weighted by molar-refractivity contribution is 7.98. The van der Waals surface area contributed by atoms with Gasteiger partial charge >= 0.3 is 0 Å². The number of nitrogens with one attached hydrogen (secondary N) is 1. The minimum absolute atomic E-state index is 0.0362. The minimum Gasteiger partial charge on any atom is -0.306 e. The fraction of sp³-hybridized carbons (Fsp3) is 0.111. The van der Waals surface area contributed by atoms with E-state index in [1.807, 2.05) is 0 Å². The molecule has 2 heterocycles. The second-order valence-corrected chi connectivity index (χ2v) is 6.87. The molecule has 0 radical (unpaired) electrons. The van der Waals surface area contributed by atoms with Gasteiger partial charge in [-0.2, -0.15) is 16.9 Å². The fourth-order valence-electron chi connectivity index (χ4n) is 2.86. The Labute approximate surface area is 157 Å². The lowest BCUT2D eigenvalue weighted by molar-refractivity contribution is -0.384. The van der Waals surface area contributed by atoms with Crippen LogP contribution in [0.4, 0.5) is 15.9 Å². The van der Waals surface area contributed by atoms with E-state index in [9.17, 15) is 19.3 Å². The van der Waals surface area contributed by atoms with Crippen LogP contribution >= 0.6 is 11.8 Å². The van der Waals surface area contributed by atoms with Crippen LogP contribution < -0.4 is 5.32 Å². The second-order valence-electron chi connectivity index (χ2n) is 5.89. The Balaban J connectivity index is 1.73. The molecule has 2 aromatic carbocycles. The number of rotatable bonds is 4. The minimum atomic E-state index is -0.609. The topological polar surface area (TPSA) is 90.1 Å². The zero-order valence-corrected chi connectivity index (χ0v) is 14.7. The molecule has 3 aromatic rings. The molecule has 0 atom stereocenters. The first kappa shape index (κ1) is 17.2. The highest BCUT2D eigenvalue weighted by Crippen LogP contribution is 2.36. The molecule has 27 heavy (non-hydrogen) atoms. The molecule has 0 bridgehead atoms. The molecule has 136 valence electrons. The number of non-ortho nitro benzene ring substituents is 1. The van der Waals surface area contributed by atoms with Gasteiger partial charge < -0.3 is 5.32 Å². The lowest BCUT2D eigenvalue weighted by Gasteiger charge is -2.11. The zero-order chi connectivity index (χ0) is 19.0. The lowest BCUT2D eigenvalue weighted by Crippen LogP contribution is -2.17. The van der Waals surface area contributed by atoms with Gasteiger partial charge in [0.15, 0.2) is 0 Å². The molecule has 0 spiro atoms. The van der Waals surface area contributed by atoms with Crippen LogP contribution in [0.15, 0.2) is 48.5 Å². The number of carbonyl (C=O) groups is 1. The largest absolute Gasteiger partial charge is 0.306 e. The normalized spacial score (nSPS) is 12.6. The number of nitro benzene ring substituents is 1. The van der Waals surface area contributed by atoms with Crippen molar-refractivity contribution in [3.05, 3.63) is 81.3 Å². The molecule has 0 aliphatic carbocycles. The fourth-order valence-corrected chi connectivity index (χ4v) is 3.90. The number of halogens is 1. The van der Waals surface area contributed by atoms with Gasteiger partial charge in [0.25, 0.3) is 11.6 Å². The Morgan fingerprint density at radius 2 is 1.93 bits per heavy atom. The standard InChI is InChI=1S/C18H13FN4O3S/c19-15-4-2-1-3-13(15)18(24)20-17-14-9-27-10-16(14)21-22(17)11-5-7-12(8-6-11)23(25)26/h1-8H,9-10H2,(H,20,24). The van der Waals surface area contributed by atoms with Crippen molar-refractivity contribution in [2.75, 3.05) is 5.32 Å². The van der Waals surface area contributed by atoms with Gasteiger partial charge in [-0.25, -0.2) is 9.07 Å². The monoisotopic (exact) mass is 384 g/mol. The smallest absolute Gasteiger partial charge is 0.269 e. The van der Waals surface area contributed by atoms with E-state index in [0.717, 1.165) is 11.3 Å². The Bertz CT molecular complexity index is 1050. The maximum atomic E-state index is 13.9. The van der Waals surface area contributed by atoms with Gasteiger partial charge in [-0.3, -0.25) is 14.9 Å². The van der Waals surface area contributed by atoms with Crippen molar-refractivity contribution in [1.82, 2.24) is 9.78 Å². The van der Waals surface area contributed by atoms with Gasteiger partial charge in [0, 0.05) is 29.2 Å². The first-order valence-electron chi connectivity index (χ1n) is 8.04. The van der Waals surface area contributed by atoms with Crippen molar-refractivity contribution in [3.63, 3.8) is 0 Å². The summed E-state index contributed by atoms with van der Waals surface area (Å²) in [6, 6.07) is 11.6. The van der Waals surface area contributed by atoms with E-state index in [0.29, 0.717) is 23.0 Å². The van der Waals surface area contributed by atoms with Crippen LogP contribution in [0.2, 0.25) is 0 Å². The predicted molar refractivity (Wildman–Crippen MR) is 99.6 cm³/mol. The molecular weight excluding hydrogens is 371 g/mol.